The monoisotopic (exact) mass is 208 g/mol. The number of carbonyl (C=O) groups excluding carboxylic acids is 2. The summed E-state index contributed by atoms with van der Waals surface area (Å²) in [7, 11) is 0. The van der Waals surface area contributed by atoms with Crippen LogP contribution in [0.1, 0.15) is 6.92 Å². The van der Waals surface area contributed by atoms with Crippen LogP contribution >= 0.6 is 15.9 Å². The Kier molecular flexibility index (Phi) is 3.35. The number of carboxylic acids is 2. The van der Waals surface area contributed by atoms with Crippen molar-refractivity contribution in [2.45, 2.75) is 11.8 Å². The Labute approximate surface area is 66.0 Å². The minimum Gasteiger partial charge on any atom is -0.550 e. The van der Waals surface area contributed by atoms with E-state index < -0.39 is 22.7 Å². The fourth-order valence-electron chi connectivity index (χ4n) is 0.324. The number of alkyl halides is 1. The highest BCUT2D eigenvalue weighted by atomic mass is 79.9. The lowest BCUT2D eigenvalue weighted by molar-refractivity contribution is -0.318. The van der Waals surface area contributed by atoms with Gasteiger partial charge in [-0.2, -0.15) is 0 Å². The molecule has 10 heavy (non-hydrogen) atoms. The Bertz CT molecular complexity index is 138. The standard InChI is InChI=1S/C5H7BrO4/c1-2(4(7)8)3(6)5(9)10/h2-3H,1H3,(H,7,8)(H,9,10)/p-2/t2-,3+/m1/s1. The molecule has 4 nitrogen and oxygen atoms in total. The number of carboxylic acid groups (broad SMARTS) is 2. The lowest BCUT2D eigenvalue weighted by atomic mass is 10.1. The normalized spacial score (nSPS) is 15.8. The quantitative estimate of drug-likeness (QED) is 0.498. The van der Waals surface area contributed by atoms with Crippen LogP contribution in [0.3, 0.4) is 0 Å². The third-order valence-electron chi connectivity index (χ3n) is 1.04. The van der Waals surface area contributed by atoms with Crippen molar-refractivity contribution in [2.75, 3.05) is 0 Å². The second-order valence-electron chi connectivity index (χ2n) is 1.83. The molecule has 0 bridgehead atoms. The summed E-state index contributed by atoms with van der Waals surface area (Å²) in [4.78, 5) is 18.8. The van der Waals surface area contributed by atoms with Crippen molar-refractivity contribution in [1.29, 1.82) is 0 Å². The summed E-state index contributed by atoms with van der Waals surface area (Å²) in [6.07, 6.45) is 0. The molecule has 0 aliphatic carbocycles. The van der Waals surface area contributed by atoms with Crippen LogP contribution < -0.4 is 10.2 Å². The summed E-state index contributed by atoms with van der Waals surface area (Å²) in [5.41, 5.74) is 0. The first-order valence-corrected chi connectivity index (χ1v) is 3.44. The molecule has 0 saturated heterocycles. The molecule has 0 saturated carbocycles. The molecule has 0 radical (unpaired) electrons. The van der Waals surface area contributed by atoms with Crippen molar-refractivity contribution >= 4 is 27.9 Å². The summed E-state index contributed by atoms with van der Waals surface area (Å²) in [6, 6.07) is 0. The van der Waals surface area contributed by atoms with E-state index in [0.29, 0.717) is 0 Å². The molecule has 58 valence electrons. The Morgan fingerprint density at radius 3 is 1.80 bits per heavy atom. The first-order valence-electron chi connectivity index (χ1n) is 2.52. The van der Waals surface area contributed by atoms with Gasteiger partial charge in [-0.1, -0.05) is 22.9 Å². The van der Waals surface area contributed by atoms with Gasteiger partial charge >= 0.3 is 0 Å². The maximum absolute atomic E-state index is 10.0. The largest absolute Gasteiger partial charge is 0.550 e. The van der Waals surface area contributed by atoms with Gasteiger partial charge in [0.05, 0.1) is 10.8 Å². The molecule has 0 spiro atoms. The zero-order valence-electron chi connectivity index (χ0n) is 5.17. The van der Waals surface area contributed by atoms with Gasteiger partial charge in [-0.05, 0) is 0 Å². The molecule has 0 fully saturated rings. The van der Waals surface area contributed by atoms with E-state index in [9.17, 15) is 19.8 Å². The molecule has 0 aliphatic heterocycles. The highest BCUT2D eigenvalue weighted by Gasteiger charge is 2.15. The molecule has 0 N–H and O–H groups in total. The van der Waals surface area contributed by atoms with Gasteiger partial charge in [0.1, 0.15) is 0 Å². The van der Waals surface area contributed by atoms with E-state index in [1.165, 1.54) is 6.92 Å². The number of aliphatic carboxylic acids is 2. The zero-order chi connectivity index (χ0) is 8.31. The van der Waals surface area contributed by atoms with Crippen LogP contribution in [0.25, 0.3) is 0 Å². The second kappa shape index (κ2) is 3.55. The maximum atomic E-state index is 10.0. The predicted octanol–water partition coefficient (Wildman–Crippen LogP) is -2.11. The van der Waals surface area contributed by atoms with Crippen LogP contribution in [-0.4, -0.2) is 16.8 Å². The molecule has 0 aromatic carbocycles. The first-order chi connectivity index (χ1) is 4.46. The van der Waals surface area contributed by atoms with Gasteiger partial charge in [-0.15, -0.1) is 0 Å². The van der Waals surface area contributed by atoms with Gasteiger partial charge in [0.2, 0.25) is 0 Å². The average Bonchev–Trinajstić information content (AvgIpc) is 1.84. The molecule has 0 aromatic rings. The van der Waals surface area contributed by atoms with E-state index in [2.05, 4.69) is 15.9 Å². The third-order valence-corrected chi connectivity index (χ3v) is 2.20. The molecule has 0 rings (SSSR count). The van der Waals surface area contributed by atoms with Gasteiger partial charge in [0.15, 0.2) is 0 Å². The van der Waals surface area contributed by atoms with Gasteiger partial charge in [0, 0.05) is 11.9 Å². The van der Waals surface area contributed by atoms with Gasteiger partial charge in [-0.25, -0.2) is 0 Å². The number of carbonyl (C=O) groups is 2. The van der Waals surface area contributed by atoms with Crippen LogP contribution in [0.2, 0.25) is 0 Å². The molecule has 0 aliphatic rings. The van der Waals surface area contributed by atoms with E-state index in [-0.39, 0.29) is 0 Å². The van der Waals surface area contributed by atoms with E-state index >= 15 is 0 Å². The number of halogens is 1. The predicted molar refractivity (Wildman–Crippen MR) is 31.9 cm³/mol. The van der Waals surface area contributed by atoms with Crippen molar-refractivity contribution < 1.29 is 19.8 Å². The van der Waals surface area contributed by atoms with Crippen LogP contribution in [0.15, 0.2) is 0 Å². The average molecular weight is 209 g/mol. The summed E-state index contributed by atoms with van der Waals surface area (Å²) in [6.45, 7) is 1.23. The van der Waals surface area contributed by atoms with Gasteiger partial charge in [-0.3, -0.25) is 0 Å². The minimum absolute atomic E-state index is 1.08. The molecule has 5 heteroatoms. The Morgan fingerprint density at radius 2 is 1.70 bits per heavy atom. The minimum atomic E-state index is -1.45. The number of hydrogen-bond acceptors (Lipinski definition) is 4. The number of hydrogen-bond donors (Lipinski definition) is 0. The zero-order valence-corrected chi connectivity index (χ0v) is 6.75. The van der Waals surface area contributed by atoms with Gasteiger partial charge in [0.25, 0.3) is 0 Å². The fourth-order valence-corrected chi connectivity index (χ4v) is 0.539. The molecule has 0 unspecified atom stereocenters. The van der Waals surface area contributed by atoms with Crippen LogP contribution in [0.4, 0.5) is 0 Å². The van der Waals surface area contributed by atoms with E-state index in [4.69, 9.17) is 0 Å². The van der Waals surface area contributed by atoms with E-state index in [1.807, 2.05) is 0 Å². The summed E-state index contributed by atoms with van der Waals surface area (Å²) in [5, 5.41) is 20.0. The Balaban J connectivity index is 4.07. The SMILES string of the molecule is C[C@@H](C(=O)[O-])[C@H](Br)C(=O)[O-]. The lowest BCUT2D eigenvalue weighted by Gasteiger charge is -2.19. The van der Waals surface area contributed by atoms with Crippen LogP contribution in [0.5, 0.6) is 0 Å². The van der Waals surface area contributed by atoms with Crippen molar-refractivity contribution in [3.05, 3.63) is 0 Å². The smallest absolute Gasteiger partial charge is 0.0618 e. The van der Waals surface area contributed by atoms with E-state index in [0.717, 1.165) is 0 Å². The Morgan fingerprint density at radius 1 is 1.30 bits per heavy atom. The fraction of sp³-hybridized carbons (Fsp3) is 0.600. The number of rotatable bonds is 3. The van der Waals surface area contributed by atoms with Gasteiger partial charge < -0.3 is 19.8 Å². The molecule has 0 aromatic heterocycles. The molecular formula is C5H5BrO4-2. The second-order valence-corrected chi connectivity index (χ2v) is 2.82. The highest BCUT2D eigenvalue weighted by molar-refractivity contribution is 9.10. The summed E-state index contributed by atoms with van der Waals surface area (Å²) >= 11 is 2.63. The maximum Gasteiger partial charge on any atom is 0.0618 e. The molecular weight excluding hydrogens is 204 g/mol. The Hall–Kier alpha value is -0.580. The molecule has 0 amide bonds. The topological polar surface area (TPSA) is 80.3 Å². The van der Waals surface area contributed by atoms with Crippen molar-refractivity contribution in [1.82, 2.24) is 0 Å². The van der Waals surface area contributed by atoms with Crippen molar-refractivity contribution in [3.8, 4) is 0 Å². The van der Waals surface area contributed by atoms with Crippen LogP contribution in [0, 0.1) is 5.92 Å². The first kappa shape index (κ1) is 9.42. The van der Waals surface area contributed by atoms with E-state index in [1.54, 1.807) is 0 Å². The molecule has 0 heterocycles. The third kappa shape index (κ3) is 2.34. The van der Waals surface area contributed by atoms with Crippen LogP contribution in [-0.2, 0) is 9.59 Å². The summed E-state index contributed by atoms with van der Waals surface area (Å²) in [5.74, 6) is -3.94. The van der Waals surface area contributed by atoms with Crippen molar-refractivity contribution in [2.24, 2.45) is 5.92 Å². The summed E-state index contributed by atoms with van der Waals surface area (Å²) < 4.78 is 0. The highest BCUT2D eigenvalue weighted by Crippen LogP contribution is 2.10. The molecule has 2 atom stereocenters. The lowest BCUT2D eigenvalue weighted by Crippen LogP contribution is -2.43. The van der Waals surface area contributed by atoms with Crippen molar-refractivity contribution in [3.63, 3.8) is 0 Å².